The summed E-state index contributed by atoms with van der Waals surface area (Å²) in [7, 11) is 0. The summed E-state index contributed by atoms with van der Waals surface area (Å²) in [5.41, 5.74) is 11.7. The Morgan fingerprint density at radius 2 is 1.88 bits per heavy atom. The summed E-state index contributed by atoms with van der Waals surface area (Å²) in [5.74, 6) is 1.21. The standard InChI is InChI=1S/C19H22N4.CO2/c1-13-6-5-9-15(10-13)16-12-21-23-18(20)11-17(22-19(16)23)14-7-3-2-4-8-14;2-1-3/h5-6,9-12,14H,2-4,7-8,20H2,1H3;. The molecule has 1 aliphatic carbocycles. The summed E-state index contributed by atoms with van der Waals surface area (Å²) >= 11 is 0. The van der Waals surface area contributed by atoms with Crippen molar-refractivity contribution in [1.82, 2.24) is 14.6 Å². The van der Waals surface area contributed by atoms with Gasteiger partial charge in [-0.15, -0.1) is 0 Å². The summed E-state index contributed by atoms with van der Waals surface area (Å²) in [6.07, 6.45) is 8.49. The van der Waals surface area contributed by atoms with Gasteiger partial charge in [0.25, 0.3) is 0 Å². The number of nitrogens with zero attached hydrogens (tertiary/aromatic N) is 3. The molecule has 6 heteroatoms. The molecule has 134 valence electrons. The SMILES string of the molecule is Cc1cccc(-c2cnn3c(N)cc(C4CCCCC4)nc23)c1.O=C=O. The van der Waals surface area contributed by atoms with Crippen LogP contribution in [0.4, 0.5) is 5.82 Å². The van der Waals surface area contributed by atoms with Crippen molar-refractivity contribution in [2.45, 2.75) is 44.9 Å². The van der Waals surface area contributed by atoms with Gasteiger partial charge in [0, 0.05) is 23.2 Å². The first-order valence-electron chi connectivity index (χ1n) is 8.84. The Morgan fingerprint density at radius 3 is 2.58 bits per heavy atom. The van der Waals surface area contributed by atoms with Crippen molar-refractivity contribution in [3.05, 3.63) is 47.8 Å². The lowest BCUT2D eigenvalue weighted by atomic mass is 9.87. The number of nitrogens with two attached hydrogens (primary N) is 1. The molecule has 1 saturated carbocycles. The highest BCUT2D eigenvalue weighted by molar-refractivity contribution is 5.78. The van der Waals surface area contributed by atoms with Gasteiger partial charge in [0.2, 0.25) is 0 Å². The first-order chi connectivity index (χ1) is 12.6. The van der Waals surface area contributed by atoms with Crippen LogP contribution in [0.2, 0.25) is 0 Å². The van der Waals surface area contributed by atoms with E-state index in [-0.39, 0.29) is 6.15 Å². The summed E-state index contributed by atoms with van der Waals surface area (Å²) in [6, 6.07) is 10.5. The van der Waals surface area contributed by atoms with Crippen LogP contribution in [0.3, 0.4) is 0 Å². The molecule has 1 aromatic carbocycles. The highest BCUT2D eigenvalue weighted by Gasteiger charge is 2.20. The molecule has 0 unspecified atom stereocenters. The fourth-order valence-electron chi connectivity index (χ4n) is 3.63. The van der Waals surface area contributed by atoms with Crippen LogP contribution in [0.5, 0.6) is 0 Å². The third kappa shape index (κ3) is 3.65. The Morgan fingerprint density at radius 1 is 1.15 bits per heavy atom. The van der Waals surface area contributed by atoms with E-state index < -0.39 is 0 Å². The minimum absolute atomic E-state index is 0.250. The average molecular weight is 350 g/mol. The van der Waals surface area contributed by atoms with E-state index in [1.54, 1.807) is 4.52 Å². The van der Waals surface area contributed by atoms with Crippen LogP contribution in [-0.4, -0.2) is 20.7 Å². The largest absolute Gasteiger partial charge is 0.384 e. The number of nitrogen functional groups attached to an aromatic ring is 1. The van der Waals surface area contributed by atoms with Crippen molar-refractivity contribution >= 4 is 17.6 Å². The van der Waals surface area contributed by atoms with Crippen LogP contribution in [-0.2, 0) is 9.59 Å². The van der Waals surface area contributed by atoms with Gasteiger partial charge in [0.1, 0.15) is 5.82 Å². The average Bonchev–Trinajstić information content (AvgIpc) is 3.08. The molecule has 0 saturated heterocycles. The van der Waals surface area contributed by atoms with Crippen molar-refractivity contribution in [2.75, 3.05) is 5.73 Å². The van der Waals surface area contributed by atoms with Gasteiger partial charge in [-0.3, -0.25) is 0 Å². The molecule has 26 heavy (non-hydrogen) atoms. The van der Waals surface area contributed by atoms with Crippen molar-refractivity contribution in [3.8, 4) is 11.1 Å². The van der Waals surface area contributed by atoms with E-state index in [2.05, 4.69) is 36.3 Å². The second-order valence-electron chi connectivity index (χ2n) is 6.69. The fourth-order valence-corrected chi connectivity index (χ4v) is 3.63. The molecule has 0 spiro atoms. The Labute approximate surface area is 152 Å². The van der Waals surface area contributed by atoms with E-state index in [0.29, 0.717) is 11.7 Å². The monoisotopic (exact) mass is 350 g/mol. The van der Waals surface area contributed by atoms with Gasteiger partial charge in [-0.1, -0.05) is 49.1 Å². The Kier molecular flexibility index (Phi) is 5.44. The summed E-state index contributed by atoms with van der Waals surface area (Å²) in [4.78, 5) is 21.2. The van der Waals surface area contributed by atoms with Crippen LogP contribution in [0.15, 0.2) is 36.5 Å². The van der Waals surface area contributed by atoms with Gasteiger partial charge in [-0.25, -0.2) is 4.98 Å². The number of fused-ring (bicyclic) bond motifs is 1. The third-order valence-electron chi connectivity index (χ3n) is 4.87. The van der Waals surface area contributed by atoms with Crippen LogP contribution < -0.4 is 5.73 Å². The number of benzene rings is 1. The summed E-state index contributed by atoms with van der Waals surface area (Å²) < 4.78 is 1.75. The molecular weight excluding hydrogens is 328 g/mol. The molecule has 2 heterocycles. The molecular formula is C20H22N4O2. The van der Waals surface area contributed by atoms with Gasteiger partial charge >= 0.3 is 6.15 Å². The maximum Gasteiger partial charge on any atom is 0.373 e. The molecule has 1 aliphatic rings. The number of anilines is 1. The first-order valence-corrected chi connectivity index (χ1v) is 8.84. The van der Waals surface area contributed by atoms with Crippen molar-refractivity contribution in [3.63, 3.8) is 0 Å². The first kappa shape index (κ1) is 17.8. The van der Waals surface area contributed by atoms with Gasteiger partial charge < -0.3 is 5.73 Å². The zero-order chi connectivity index (χ0) is 18.5. The Balaban J connectivity index is 0.000000613. The zero-order valence-corrected chi connectivity index (χ0v) is 14.8. The zero-order valence-electron chi connectivity index (χ0n) is 14.8. The van der Waals surface area contributed by atoms with Crippen molar-refractivity contribution in [2.24, 2.45) is 0 Å². The number of rotatable bonds is 2. The summed E-state index contributed by atoms with van der Waals surface area (Å²) in [5, 5.41) is 4.44. The normalized spacial score (nSPS) is 14.5. The molecule has 0 bridgehead atoms. The number of hydrogen-bond acceptors (Lipinski definition) is 5. The minimum Gasteiger partial charge on any atom is -0.384 e. The van der Waals surface area contributed by atoms with Crippen LogP contribution in [0.1, 0.15) is 49.3 Å². The molecule has 2 aromatic heterocycles. The highest BCUT2D eigenvalue weighted by Crippen LogP contribution is 2.34. The van der Waals surface area contributed by atoms with Crippen LogP contribution in [0, 0.1) is 6.92 Å². The lowest BCUT2D eigenvalue weighted by Crippen LogP contribution is -2.10. The Hall–Kier alpha value is -2.98. The highest BCUT2D eigenvalue weighted by atomic mass is 16.2. The smallest absolute Gasteiger partial charge is 0.373 e. The van der Waals surface area contributed by atoms with Crippen LogP contribution >= 0.6 is 0 Å². The van der Waals surface area contributed by atoms with Gasteiger partial charge in [-0.2, -0.15) is 19.2 Å². The molecule has 0 aliphatic heterocycles. The van der Waals surface area contributed by atoms with Gasteiger partial charge in [-0.05, 0) is 25.3 Å². The van der Waals surface area contributed by atoms with E-state index in [4.69, 9.17) is 20.3 Å². The summed E-state index contributed by atoms with van der Waals surface area (Å²) in [6.45, 7) is 2.10. The minimum atomic E-state index is 0.250. The molecule has 6 nitrogen and oxygen atoms in total. The van der Waals surface area contributed by atoms with E-state index in [9.17, 15) is 0 Å². The fraction of sp³-hybridized carbons (Fsp3) is 0.350. The van der Waals surface area contributed by atoms with E-state index in [1.807, 2.05) is 12.3 Å². The molecule has 0 amide bonds. The maximum absolute atomic E-state index is 8.12. The maximum atomic E-state index is 8.12. The number of carbonyl (C=O) groups excluding carboxylic acids is 2. The molecule has 2 N–H and O–H groups in total. The predicted octanol–water partition coefficient (Wildman–Crippen LogP) is 3.75. The van der Waals surface area contributed by atoms with Crippen LogP contribution in [0.25, 0.3) is 16.8 Å². The molecule has 4 rings (SSSR count). The van der Waals surface area contributed by atoms with Gasteiger partial charge in [0.05, 0.1) is 6.20 Å². The lowest BCUT2D eigenvalue weighted by molar-refractivity contribution is -0.191. The Bertz CT molecular complexity index is 936. The van der Waals surface area contributed by atoms with E-state index >= 15 is 0 Å². The molecule has 1 fully saturated rings. The topological polar surface area (TPSA) is 90.3 Å². The van der Waals surface area contributed by atoms with E-state index in [1.165, 1.54) is 37.7 Å². The van der Waals surface area contributed by atoms with Crippen molar-refractivity contribution in [1.29, 1.82) is 0 Å². The van der Waals surface area contributed by atoms with Crippen molar-refractivity contribution < 1.29 is 9.59 Å². The molecule has 3 aromatic rings. The molecule has 0 atom stereocenters. The number of hydrogen-bond donors (Lipinski definition) is 1. The second kappa shape index (κ2) is 7.93. The van der Waals surface area contributed by atoms with E-state index in [0.717, 1.165) is 22.5 Å². The quantitative estimate of drug-likeness (QED) is 0.760. The third-order valence-corrected chi connectivity index (χ3v) is 4.87. The predicted molar refractivity (Wildman–Crippen MR) is 98.4 cm³/mol. The number of aromatic nitrogens is 3. The molecule has 0 radical (unpaired) electrons. The second-order valence-corrected chi connectivity index (χ2v) is 6.69. The lowest BCUT2D eigenvalue weighted by Gasteiger charge is -2.21. The van der Waals surface area contributed by atoms with Gasteiger partial charge in [0.15, 0.2) is 5.65 Å². The number of aryl methyl sites for hydroxylation is 1.